The maximum atomic E-state index is 14.1. The lowest BCUT2D eigenvalue weighted by Gasteiger charge is -2.33. The van der Waals surface area contributed by atoms with Crippen LogP contribution in [-0.4, -0.2) is 50.3 Å². The van der Waals surface area contributed by atoms with Crippen LogP contribution in [0.4, 0.5) is 5.69 Å². The quantitative estimate of drug-likeness (QED) is 0.286. The Morgan fingerprint density at radius 3 is 2.26 bits per heavy atom. The second kappa shape index (κ2) is 14.2. The number of nitrogens with zero attached hydrogens (tertiary/aromatic N) is 2. The summed E-state index contributed by atoms with van der Waals surface area (Å²) < 4.78 is 29.0. The number of benzene rings is 3. The third kappa shape index (κ3) is 7.92. The van der Waals surface area contributed by atoms with Crippen LogP contribution in [0.15, 0.2) is 77.7 Å². The summed E-state index contributed by atoms with van der Waals surface area (Å²) in [4.78, 5) is 29.0. The highest BCUT2D eigenvalue weighted by Crippen LogP contribution is 2.29. The zero-order valence-corrected chi connectivity index (χ0v) is 26.1. The number of aryl methyl sites for hydroxylation is 2. The van der Waals surface area contributed by atoms with Crippen molar-refractivity contribution in [2.75, 3.05) is 17.4 Å². The van der Waals surface area contributed by atoms with Crippen molar-refractivity contribution < 1.29 is 18.0 Å². The molecule has 224 valence electrons. The van der Waals surface area contributed by atoms with E-state index in [1.54, 1.807) is 37.3 Å². The SMILES string of the molecule is Cc1ccc(S(=O)(=O)N(CC(=O)N(CCc2ccccc2)C(C)C(=O)NC2CCCCC2)c2ccc(C)c(Cl)c2)cc1. The molecule has 0 aliphatic heterocycles. The van der Waals surface area contributed by atoms with Crippen LogP contribution in [0.1, 0.15) is 55.7 Å². The molecule has 7 nitrogen and oxygen atoms in total. The number of hydrogen-bond donors (Lipinski definition) is 1. The first-order chi connectivity index (χ1) is 20.1. The molecule has 1 atom stereocenters. The van der Waals surface area contributed by atoms with E-state index in [0.29, 0.717) is 11.4 Å². The fourth-order valence-corrected chi connectivity index (χ4v) is 6.82. The highest BCUT2D eigenvalue weighted by molar-refractivity contribution is 7.92. The minimum Gasteiger partial charge on any atom is -0.352 e. The first-order valence-corrected chi connectivity index (χ1v) is 16.4. The standard InChI is InChI=1S/C33H40ClN3O4S/c1-24-14-18-30(19-15-24)42(40,41)37(29-17-16-25(2)31(34)22-29)23-32(38)36(21-20-27-10-6-4-7-11-27)26(3)33(39)35-28-12-8-5-9-13-28/h4,6-7,10-11,14-19,22,26,28H,5,8-9,12-13,20-21,23H2,1-3H3,(H,35,39). The van der Waals surface area contributed by atoms with E-state index in [0.717, 1.165) is 53.1 Å². The molecule has 3 aromatic carbocycles. The molecule has 1 N–H and O–H groups in total. The topological polar surface area (TPSA) is 86.8 Å². The summed E-state index contributed by atoms with van der Waals surface area (Å²) in [5.74, 6) is -0.695. The molecular weight excluding hydrogens is 570 g/mol. The van der Waals surface area contributed by atoms with Gasteiger partial charge in [-0.3, -0.25) is 13.9 Å². The molecule has 0 heterocycles. The molecule has 0 aromatic heterocycles. The van der Waals surface area contributed by atoms with E-state index >= 15 is 0 Å². The summed E-state index contributed by atoms with van der Waals surface area (Å²) in [6, 6.07) is 20.5. The summed E-state index contributed by atoms with van der Waals surface area (Å²) in [7, 11) is -4.14. The third-order valence-electron chi connectivity index (χ3n) is 7.93. The van der Waals surface area contributed by atoms with Crippen molar-refractivity contribution in [3.63, 3.8) is 0 Å². The van der Waals surface area contributed by atoms with Gasteiger partial charge in [-0.25, -0.2) is 8.42 Å². The van der Waals surface area contributed by atoms with Gasteiger partial charge in [0.15, 0.2) is 0 Å². The number of hydrogen-bond acceptors (Lipinski definition) is 4. The highest BCUT2D eigenvalue weighted by Gasteiger charge is 2.33. The molecule has 1 aliphatic rings. The van der Waals surface area contributed by atoms with Gasteiger partial charge in [0.25, 0.3) is 10.0 Å². The van der Waals surface area contributed by atoms with E-state index in [2.05, 4.69) is 5.32 Å². The van der Waals surface area contributed by atoms with Crippen LogP contribution in [-0.2, 0) is 26.0 Å². The van der Waals surface area contributed by atoms with Crippen molar-refractivity contribution in [1.29, 1.82) is 0 Å². The summed E-state index contributed by atoms with van der Waals surface area (Å²) >= 11 is 6.41. The van der Waals surface area contributed by atoms with Gasteiger partial charge in [-0.1, -0.05) is 85.0 Å². The largest absolute Gasteiger partial charge is 0.352 e. The Labute approximate surface area is 254 Å². The minimum absolute atomic E-state index is 0.0662. The fourth-order valence-electron chi connectivity index (χ4n) is 5.24. The molecule has 4 rings (SSSR count). The smallest absolute Gasteiger partial charge is 0.264 e. The van der Waals surface area contributed by atoms with E-state index in [-0.39, 0.29) is 29.1 Å². The average Bonchev–Trinajstić information content (AvgIpc) is 2.98. The van der Waals surface area contributed by atoms with Crippen LogP contribution in [0.5, 0.6) is 0 Å². The maximum Gasteiger partial charge on any atom is 0.264 e. The number of sulfonamides is 1. The van der Waals surface area contributed by atoms with Gasteiger partial charge < -0.3 is 10.2 Å². The molecule has 0 saturated heterocycles. The van der Waals surface area contributed by atoms with Crippen LogP contribution in [0.2, 0.25) is 5.02 Å². The first-order valence-electron chi connectivity index (χ1n) is 14.6. The Morgan fingerprint density at radius 2 is 1.62 bits per heavy atom. The molecule has 0 radical (unpaired) electrons. The van der Waals surface area contributed by atoms with Crippen molar-refractivity contribution in [1.82, 2.24) is 10.2 Å². The van der Waals surface area contributed by atoms with Gasteiger partial charge in [-0.15, -0.1) is 0 Å². The van der Waals surface area contributed by atoms with Crippen molar-refractivity contribution in [3.05, 3.63) is 94.5 Å². The number of halogens is 1. The van der Waals surface area contributed by atoms with Gasteiger partial charge in [0.2, 0.25) is 11.8 Å². The van der Waals surface area contributed by atoms with E-state index in [4.69, 9.17) is 11.6 Å². The molecule has 1 unspecified atom stereocenters. The molecule has 0 spiro atoms. The molecule has 3 aromatic rings. The molecule has 1 saturated carbocycles. The summed E-state index contributed by atoms with van der Waals surface area (Å²) in [6.07, 6.45) is 5.68. The lowest BCUT2D eigenvalue weighted by Crippen LogP contribution is -2.53. The first kappa shape index (κ1) is 31.6. The Bertz CT molecular complexity index is 1470. The van der Waals surface area contributed by atoms with Crippen LogP contribution < -0.4 is 9.62 Å². The predicted molar refractivity (Wildman–Crippen MR) is 168 cm³/mol. The van der Waals surface area contributed by atoms with Crippen molar-refractivity contribution in [2.24, 2.45) is 0 Å². The predicted octanol–water partition coefficient (Wildman–Crippen LogP) is 6.06. The lowest BCUT2D eigenvalue weighted by molar-refractivity contribution is -0.139. The fraction of sp³-hybridized carbons (Fsp3) is 0.394. The second-order valence-electron chi connectivity index (χ2n) is 11.1. The van der Waals surface area contributed by atoms with Gasteiger partial charge in [0, 0.05) is 17.6 Å². The van der Waals surface area contributed by atoms with Gasteiger partial charge >= 0.3 is 0 Å². The normalized spacial score (nSPS) is 14.7. The van der Waals surface area contributed by atoms with Gasteiger partial charge in [0.1, 0.15) is 12.6 Å². The summed E-state index contributed by atoms with van der Waals surface area (Å²) in [5, 5.41) is 3.52. The molecule has 0 bridgehead atoms. The van der Waals surface area contributed by atoms with Crippen LogP contribution in [0.25, 0.3) is 0 Å². The number of nitrogens with one attached hydrogen (secondary N) is 1. The zero-order chi connectivity index (χ0) is 30.3. The average molecular weight is 610 g/mol. The van der Waals surface area contributed by atoms with Crippen molar-refractivity contribution in [2.45, 2.75) is 76.3 Å². The van der Waals surface area contributed by atoms with E-state index in [1.807, 2.05) is 44.2 Å². The summed E-state index contributed by atoms with van der Waals surface area (Å²) in [6.45, 7) is 5.19. The van der Waals surface area contributed by atoms with Crippen LogP contribution >= 0.6 is 11.6 Å². The molecule has 42 heavy (non-hydrogen) atoms. The van der Waals surface area contributed by atoms with Crippen molar-refractivity contribution in [3.8, 4) is 0 Å². The number of carbonyl (C=O) groups is 2. The number of rotatable bonds is 11. The maximum absolute atomic E-state index is 14.1. The highest BCUT2D eigenvalue weighted by atomic mass is 35.5. The monoisotopic (exact) mass is 609 g/mol. The Hall–Kier alpha value is -3.36. The Balaban J connectivity index is 1.65. The van der Waals surface area contributed by atoms with Crippen LogP contribution in [0, 0.1) is 13.8 Å². The van der Waals surface area contributed by atoms with Gasteiger partial charge in [0.05, 0.1) is 10.6 Å². The zero-order valence-electron chi connectivity index (χ0n) is 24.6. The summed E-state index contributed by atoms with van der Waals surface area (Å²) in [5.41, 5.74) is 3.00. The Morgan fingerprint density at radius 1 is 0.952 bits per heavy atom. The molecule has 2 amide bonds. The van der Waals surface area contributed by atoms with Gasteiger partial charge in [-0.05, 0) is 75.4 Å². The minimum atomic E-state index is -4.14. The molecular formula is C33H40ClN3O4S. The molecule has 1 aliphatic carbocycles. The number of amides is 2. The van der Waals surface area contributed by atoms with E-state index in [1.165, 1.54) is 17.0 Å². The van der Waals surface area contributed by atoms with Crippen molar-refractivity contribution >= 4 is 39.1 Å². The third-order valence-corrected chi connectivity index (χ3v) is 10.1. The lowest BCUT2D eigenvalue weighted by atomic mass is 9.95. The van der Waals surface area contributed by atoms with E-state index in [9.17, 15) is 18.0 Å². The Kier molecular flexibility index (Phi) is 10.7. The molecule has 9 heteroatoms. The second-order valence-corrected chi connectivity index (χ2v) is 13.4. The molecule has 1 fully saturated rings. The number of anilines is 1. The van der Waals surface area contributed by atoms with Crippen LogP contribution in [0.3, 0.4) is 0 Å². The van der Waals surface area contributed by atoms with Gasteiger partial charge in [-0.2, -0.15) is 0 Å². The number of carbonyl (C=O) groups excluding carboxylic acids is 2. The van der Waals surface area contributed by atoms with E-state index < -0.39 is 28.5 Å².